The third-order valence-corrected chi connectivity index (χ3v) is 3.62. The minimum absolute atomic E-state index is 0.0390. The van der Waals surface area contributed by atoms with Crippen LogP contribution in [0.2, 0.25) is 0 Å². The highest BCUT2D eigenvalue weighted by Crippen LogP contribution is 2.44. The van der Waals surface area contributed by atoms with E-state index in [0.717, 1.165) is 5.56 Å². The van der Waals surface area contributed by atoms with Gasteiger partial charge in [0.1, 0.15) is 17.2 Å². The van der Waals surface area contributed by atoms with Crippen LogP contribution in [0, 0.1) is 5.82 Å². The number of aryl methyl sites for hydroxylation is 1. The Balaban J connectivity index is 2.20. The van der Waals surface area contributed by atoms with Gasteiger partial charge in [0.05, 0.1) is 0 Å². The number of aromatic hydroxyl groups is 1. The van der Waals surface area contributed by atoms with Crippen molar-refractivity contribution < 1.29 is 14.6 Å². The summed E-state index contributed by atoms with van der Waals surface area (Å²) in [7, 11) is 0. The van der Waals surface area contributed by atoms with E-state index in [-0.39, 0.29) is 11.6 Å². The van der Waals surface area contributed by atoms with Crippen LogP contribution in [0.25, 0.3) is 0 Å². The molecule has 0 amide bonds. The smallest absolute Gasteiger partial charge is 0.123 e. The van der Waals surface area contributed by atoms with E-state index in [1.807, 2.05) is 0 Å². The second-order valence-electron chi connectivity index (χ2n) is 4.68. The van der Waals surface area contributed by atoms with Crippen molar-refractivity contribution in [3.05, 3.63) is 65.0 Å². The van der Waals surface area contributed by atoms with E-state index in [1.54, 1.807) is 24.3 Å². The quantitative estimate of drug-likeness (QED) is 0.809. The van der Waals surface area contributed by atoms with E-state index < -0.39 is 5.60 Å². The second kappa shape index (κ2) is 3.82. The van der Waals surface area contributed by atoms with Crippen molar-refractivity contribution in [3.63, 3.8) is 0 Å². The van der Waals surface area contributed by atoms with Gasteiger partial charge >= 0.3 is 0 Å². The van der Waals surface area contributed by atoms with Crippen LogP contribution in [-0.4, -0.2) is 10.2 Å². The van der Waals surface area contributed by atoms with Crippen molar-refractivity contribution >= 4 is 0 Å². The SMILES string of the molecule is Oc1ccccc1C1(O)CCc2ccc(F)cc21. The topological polar surface area (TPSA) is 40.5 Å². The van der Waals surface area contributed by atoms with E-state index in [4.69, 9.17) is 0 Å². The zero-order chi connectivity index (χ0) is 12.8. The van der Waals surface area contributed by atoms with Gasteiger partial charge in [0.25, 0.3) is 0 Å². The molecule has 3 heteroatoms. The average Bonchev–Trinajstić information content (AvgIpc) is 2.69. The van der Waals surface area contributed by atoms with Crippen molar-refractivity contribution in [2.45, 2.75) is 18.4 Å². The van der Waals surface area contributed by atoms with Gasteiger partial charge in [-0.3, -0.25) is 0 Å². The molecule has 0 fully saturated rings. The minimum Gasteiger partial charge on any atom is -0.508 e. The van der Waals surface area contributed by atoms with Crippen molar-refractivity contribution in [1.82, 2.24) is 0 Å². The molecule has 3 rings (SSSR count). The first-order valence-electron chi connectivity index (χ1n) is 5.91. The highest BCUT2D eigenvalue weighted by molar-refractivity contribution is 5.49. The monoisotopic (exact) mass is 244 g/mol. The van der Waals surface area contributed by atoms with Crippen LogP contribution in [0.15, 0.2) is 42.5 Å². The third kappa shape index (κ3) is 1.51. The highest BCUT2D eigenvalue weighted by Gasteiger charge is 2.40. The first kappa shape index (κ1) is 11.2. The molecule has 0 saturated heterocycles. The van der Waals surface area contributed by atoms with Crippen LogP contribution in [-0.2, 0) is 12.0 Å². The summed E-state index contributed by atoms with van der Waals surface area (Å²) in [4.78, 5) is 0. The molecule has 92 valence electrons. The van der Waals surface area contributed by atoms with E-state index in [1.165, 1.54) is 18.2 Å². The molecule has 1 unspecified atom stereocenters. The standard InChI is InChI=1S/C15H13FO2/c16-11-6-5-10-7-8-15(18,13(10)9-11)12-3-1-2-4-14(12)17/h1-6,9,17-18H,7-8H2. The van der Waals surface area contributed by atoms with Crippen LogP contribution in [0.5, 0.6) is 5.75 Å². The Morgan fingerprint density at radius 3 is 2.61 bits per heavy atom. The number of phenols is 1. The fourth-order valence-electron chi connectivity index (χ4n) is 2.71. The largest absolute Gasteiger partial charge is 0.508 e. The van der Waals surface area contributed by atoms with E-state index in [9.17, 15) is 14.6 Å². The third-order valence-electron chi connectivity index (χ3n) is 3.62. The second-order valence-corrected chi connectivity index (χ2v) is 4.68. The molecule has 1 aliphatic carbocycles. The first-order valence-corrected chi connectivity index (χ1v) is 5.91. The number of benzene rings is 2. The molecule has 0 radical (unpaired) electrons. The Kier molecular flexibility index (Phi) is 2.38. The molecule has 0 bridgehead atoms. The Morgan fingerprint density at radius 1 is 1.06 bits per heavy atom. The van der Waals surface area contributed by atoms with E-state index >= 15 is 0 Å². The number of rotatable bonds is 1. The summed E-state index contributed by atoms with van der Waals surface area (Å²) in [5, 5.41) is 20.7. The van der Waals surface area contributed by atoms with Gasteiger partial charge in [0.2, 0.25) is 0 Å². The zero-order valence-corrected chi connectivity index (χ0v) is 9.73. The lowest BCUT2D eigenvalue weighted by molar-refractivity contribution is 0.0799. The summed E-state index contributed by atoms with van der Waals surface area (Å²) < 4.78 is 13.3. The molecule has 1 aliphatic rings. The van der Waals surface area contributed by atoms with Gasteiger partial charge in [-0.05, 0) is 42.2 Å². The molecule has 2 aromatic rings. The van der Waals surface area contributed by atoms with Gasteiger partial charge in [-0.25, -0.2) is 4.39 Å². The molecule has 0 heterocycles. The van der Waals surface area contributed by atoms with Gasteiger partial charge < -0.3 is 10.2 Å². The van der Waals surface area contributed by atoms with Gasteiger partial charge in [-0.2, -0.15) is 0 Å². The number of aliphatic hydroxyl groups is 1. The molecule has 0 aromatic heterocycles. The molecule has 2 N–H and O–H groups in total. The lowest BCUT2D eigenvalue weighted by Crippen LogP contribution is -2.24. The number of para-hydroxylation sites is 1. The molecule has 0 aliphatic heterocycles. The first-order chi connectivity index (χ1) is 8.61. The summed E-state index contributed by atoms with van der Waals surface area (Å²) in [5.74, 6) is -0.332. The van der Waals surface area contributed by atoms with Gasteiger partial charge in [0.15, 0.2) is 0 Å². The Hall–Kier alpha value is -1.87. The zero-order valence-electron chi connectivity index (χ0n) is 9.73. The minimum atomic E-state index is -1.29. The molecule has 0 spiro atoms. The highest BCUT2D eigenvalue weighted by atomic mass is 19.1. The summed E-state index contributed by atoms with van der Waals surface area (Å²) in [5.41, 5.74) is 0.642. The predicted octanol–water partition coefficient (Wildman–Crippen LogP) is 2.71. The number of halogens is 1. The Morgan fingerprint density at radius 2 is 1.83 bits per heavy atom. The van der Waals surface area contributed by atoms with Crippen molar-refractivity contribution in [1.29, 1.82) is 0 Å². The predicted molar refractivity (Wildman–Crippen MR) is 65.8 cm³/mol. The Bertz CT molecular complexity index is 609. The van der Waals surface area contributed by atoms with Crippen LogP contribution >= 0.6 is 0 Å². The lowest BCUT2D eigenvalue weighted by atomic mass is 9.87. The summed E-state index contributed by atoms with van der Waals surface area (Å²) in [6, 6.07) is 11.1. The van der Waals surface area contributed by atoms with Crippen molar-refractivity contribution in [2.75, 3.05) is 0 Å². The lowest BCUT2D eigenvalue weighted by Gasteiger charge is -2.25. The summed E-state index contributed by atoms with van der Waals surface area (Å²) in [6.07, 6.45) is 1.14. The molecular formula is C15H13FO2. The summed E-state index contributed by atoms with van der Waals surface area (Å²) >= 11 is 0. The maximum atomic E-state index is 13.3. The average molecular weight is 244 g/mol. The van der Waals surface area contributed by atoms with Crippen LogP contribution in [0.1, 0.15) is 23.1 Å². The van der Waals surface area contributed by atoms with Crippen LogP contribution in [0.3, 0.4) is 0 Å². The fraction of sp³-hybridized carbons (Fsp3) is 0.200. The Labute approximate surface area is 104 Å². The maximum Gasteiger partial charge on any atom is 0.123 e. The molecule has 18 heavy (non-hydrogen) atoms. The molecule has 1 atom stereocenters. The number of hydrogen-bond donors (Lipinski definition) is 2. The van der Waals surface area contributed by atoms with E-state index in [0.29, 0.717) is 24.0 Å². The van der Waals surface area contributed by atoms with Gasteiger partial charge in [0, 0.05) is 5.56 Å². The normalized spacial score (nSPS) is 21.9. The summed E-state index contributed by atoms with van der Waals surface area (Å²) in [6.45, 7) is 0. The molecule has 0 saturated carbocycles. The van der Waals surface area contributed by atoms with Crippen LogP contribution < -0.4 is 0 Å². The number of hydrogen-bond acceptors (Lipinski definition) is 2. The number of phenolic OH excluding ortho intramolecular Hbond substituents is 1. The molecule has 2 aromatic carbocycles. The van der Waals surface area contributed by atoms with Crippen LogP contribution in [0.4, 0.5) is 4.39 Å². The molecular weight excluding hydrogens is 231 g/mol. The fourth-order valence-corrected chi connectivity index (χ4v) is 2.71. The van der Waals surface area contributed by atoms with Gasteiger partial charge in [-0.1, -0.05) is 24.3 Å². The maximum absolute atomic E-state index is 13.3. The van der Waals surface area contributed by atoms with Crippen molar-refractivity contribution in [3.8, 4) is 5.75 Å². The molecule has 2 nitrogen and oxygen atoms in total. The number of fused-ring (bicyclic) bond motifs is 1. The van der Waals surface area contributed by atoms with E-state index in [2.05, 4.69) is 0 Å². The van der Waals surface area contributed by atoms with Gasteiger partial charge in [-0.15, -0.1) is 0 Å². The van der Waals surface area contributed by atoms with Crippen molar-refractivity contribution in [2.24, 2.45) is 0 Å².